The number of nitrogens with one attached hydrogen (secondary N) is 1. The number of nitrogens with zero attached hydrogens (tertiary/aromatic N) is 2. The molecule has 3 N–H and O–H groups in total. The number of imidazole rings is 1. The molecular formula is C11H13ClN4O. The maximum atomic E-state index is 11.2. The van der Waals surface area contributed by atoms with E-state index >= 15 is 0 Å². The second-order valence-electron chi connectivity index (χ2n) is 3.65. The summed E-state index contributed by atoms with van der Waals surface area (Å²) in [4.78, 5) is 15.4. The minimum absolute atomic E-state index is 0.0432. The monoisotopic (exact) mass is 252 g/mol. The van der Waals surface area contributed by atoms with Gasteiger partial charge in [-0.25, -0.2) is 4.98 Å². The number of carbonyl (C=O) groups excluding carboxylic acids is 1. The van der Waals surface area contributed by atoms with Crippen LogP contribution in [-0.4, -0.2) is 22.5 Å². The van der Waals surface area contributed by atoms with E-state index in [9.17, 15) is 4.79 Å². The van der Waals surface area contributed by atoms with Crippen molar-refractivity contribution in [2.24, 2.45) is 0 Å². The lowest BCUT2D eigenvalue weighted by molar-refractivity contribution is -0.120. The van der Waals surface area contributed by atoms with E-state index in [-0.39, 0.29) is 5.91 Å². The Morgan fingerprint density at radius 2 is 2.35 bits per heavy atom. The van der Waals surface area contributed by atoms with E-state index in [1.165, 1.54) is 0 Å². The number of nitrogens with two attached hydrogens (primary N) is 1. The van der Waals surface area contributed by atoms with Crippen molar-refractivity contribution in [1.82, 2.24) is 14.9 Å². The van der Waals surface area contributed by atoms with Gasteiger partial charge in [-0.15, -0.1) is 0 Å². The first-order valence-electron chi connectivity index (χ1n) is 5.24. The van der Waals surface area contributed by atoms with Crippen LogP contribution in [0, 0.1) is 0 Å². The summed E-state index contributed by atoms with van der Waals surface area (Å²) in [5.74, 6) is 0.329. The molecule has 1 heterocycles. The van der Waals surface area contributed by atoms with Crippen LogP contribution < -0.4 is 11.1 Å². The molecule has 17 heavy (non-hydrogen) atoms. The molecule has 1 aromatic heterocycles. The predicted molar refractivity (Wildman–Crippen MR) is 67.8 cm³/mol. The van der Waals surface area contributed by atoms with Crippen molar-refractivity contribution in [2.45, 2.75) is 13.0 Å². The highest BCUT2D eigenvalue weighted by Crippen LogP contribution is 2.25. The number of halogens is 1. The number of rotatable bonds is 3. The van der Waals surface area contributed by atoms with Gasteiger partial charge in [0.2, 0.25) is 11.9 Å². The minimum atomic E-state index is -0.0432. The van der Waals surface area contributed by atoms with E-state index in [0.29, 0.717) is 23.9 Å². The number of fused-ring (bicyclic) bond motifs is 1. The first-order chi connectivity index (χ1) is 8.13. The first-order valence-corrected chi connectivity index (χ1v) is 5.62. The molecule has 1 aromatic carbocycles. The van der Waals surface area contributed by atoms with E-state index in [1.807, 2.05) is 12.1 Å². The molecular weight excluding hydrogens is 240 g/mol. The van der Waals surface area contributed by atoms with Gasteiger partial charge >= 0.3 is 0 Å². The van der Waals surface area contributed by atoms with Crippen molar-refractivity contribution in [2.75, 3.05) is 12.8 Å². The molecule has 1 amide bonds. The summed E-state index contributed by atoms with van der Waals surface area (Å²) < 4.78 is 1.76. The van der Waals surface area contributed by atoms with Gasteiger partial charge in [-0.1, -0.05) is 17.7 Å². The molecule has 0 aliphatic carbocycles. The molecule has 0 spiro atoms. The van der Waals surface area contributed by atoms with E-state index in [0.717, 1.165) is 11.0 Å². The van der Waals surface area contributed by atoms with Crippen LogP contribution in [0.15, 0.2) is 18.2 Å². The molecule has 0 aliphatic heterocycles. The number of benzene rings is 1. The summed E-state index contributed by atoms with van der Waals surface area (Å²) in [5, 5.41) is 3.15. The molecule has 0 bridgehead atoms. The topological polar surface area (TPSA) is 72.9 Å². The molecule has 0 unspecified atom stereocenters. The molecule has 5 nitrogen and oxygen atoms in total. The highest BCUT2D eigenvalue weighted by Gasteiger charge is 2.11. The lowest BCUT2D eigenvalue weighted by Crippen LogP contribution is -2.19. The van der Waals surface area contributed by atoms with Crippen molar-refractivity contribution < 1.29 is 4.79 Å². The molecule has 0 radical (unpaired) electrons. The van der Waals surface area contributed by atoms with Gasteiger partial charge in [-0.3, -0.25) is 4.79 Å². The van der Waals surface area contributed by atoms with Crippen LogP contribution in [-0.2, 0) is 11.3 Å². The van der Waals surface area contributed by atoms with Crippen LogP contribution in [0.25, 0.3) is 11.0 Å². The first kappa shape index (κ1) is 11.7. The maximum absolute atomic E-state index is 11.2. The number of aryl methyl sites for hydroxylation is 1. The summed E-state index contributed by atoms with van der Waals surface area (Å²) >= 11 is 6.11. The summed E-state index contributed by atoms with van der Waals surface area (Å²) in [5.41, 5.74) is 7.33. The molecule has 90 valence electrons. The SMILES string of the molecule is CNC(=O)CCn1c(N)nc2cccc(Cl)c21. The van der Waals surface area contributed by atoms with Gasteiger partial charge in [-0.05, 0) is 12.1 Å². The van der Waals surface area contributed by atoms with Crippen LogP contribution in [0.2, 0.25) is 5.02 Å². The third kappa shape index (κ3) is 2.19. The van der Waals surface area contributed by atoms with Crippen molar-refractivity contribution in [1.29, 1.82) is 0 Å². The number of hydrogen-bond donors (Lipinski definition) is 2. The number of anilines is 1. The second-order valence-corrected chi connectivity index (χ2v) is 4.06. The molecule has 2 rings (SSSR count). The summed E-state index contributed by atoms with van der Waals surface area (Å²) in [6.07, 6.45) is 0.345. The number of nitrogen functional groups attached to an aromatic ring is 1. The Labute approximate surface area is 104 Å². The summed E-state index contributed by atoms with van der Waals surface area (Å²) in [6.45, 7) is 0.464. The molecule has 0 atom stereocenters. The third-order valence-corrected chi connectivity index (χ3v) is 2.89. The number of amides is 1. The maximum Gasteiger partial charge on any atom is 0.221 e. The van der Waals surface area contributed by atoms with E-state index in [1.54, 1.807) is 17.7 Å². The largest absolute Gasteiger partial charge is 0.369 e. The normalized spacial score (nSPS) is 10.7. The zero-order valence-electron chi connectivity index (χ0n) is 9.40. The fourth-order valence-electron chi connectivity index (χ4n) is 1.72. The van der Waals surface area contributed by atoms with Crippen LogP contribution in [0.3, 0.4) is 0 Å². The van der Waals surface area contributed by atoms with Gasteiger partial charge in [-0.2, -0.15) is 0 Å². The Morgan fingerprint density at radius 3 is 3.06 bits per heavy atom. The Morgan fingerprint density at radius 1 is 1.59 bits per heavy atom. The van der Waals surface area contributed by atoms with Gasteiger partial charge in [0.05, 0.1) is 16.1 Å². The Bertz CT molecular complexity index is 564. The van der Waals surface area contributed by atoms with Crippen LogP contribution in [0.5, 0.6) is 0 Å². The van der Waals surface area contributed by atoms with Gasteiger partial charge in [0.25, 0.3) is 0 Å². The summed E-state index contributed by atoms with van der Waals surface area (Å²) in [7, 11) is 1.60. The Balaban J connectivity index is 2.39. The predicted octanol–water partition coefficient (Wildman–Crippen LogP) is 1.41. The average molecular weight is 253 g/mol. The Kier molecular flexibility index (Phi) is 3.19. The van der Waals surface area contributed by atoms with E-state index in [2.05, 4.69) is 10.3 Å². The summed E-state index contributed by atoms with van der Waals surface area (Å²) in [6, 6.07) is 5.44. The van der Waals surface area contributed by atoms with E-state index < -0.39 is 0 Å². The van der Waals surface area contributed by atoms with Gasteiger partial charge in [0.1, 0.15) is 0 Å². The molecule has 0 saturated carbocycles. The van der Waals surface area contributed by atoms with Crippen molar-refractivity contribution in [3.63, 3.8) is 0 Å². The van der Waals surface area contributed by atoms with Crippen LogP contribution in [0.1, 0.15) is 6.42 Å². The van der Waals surface area contributed by atoms with Crippen LogP contribution >= 0.6 is 11.6 Å². The molecule has 0 saturated heterocycles. The molecule has 0 aliphatic rings. The Hall–Kier alpha value is -1.75. The zero-order valence-corrected chi connectivity index (χ0v) is 10.2. The van der Waals surface area contributed by atoms with E-state index in [4.69, 9.17) is 17.3 Å². The lowest BCUT2D eigenvalue weighted by Gasteiger charge is -2.06. The quantitative estimate of drug-likeness (QED) is 0.868. The lowest BCUT2D eigenvalue weighted by atomic mass is 10.3. The average Bonchev–Trinajstić information content (AvgIpc) is 2.63. The number of hydrogen-bond acceptors (Lipinski definition) is 3. The number of aromatic nitrogens is 2. The fourth-order valence-corrected chi connectivity index (χ4v) is 2.00. The van der Waals surface area contributed by atoms with Crippen molar-refractivity contribution in [3.8, 4) is 0 Å². The highest BCUT2D eigenvalue weighted by molar-refractivity contribution is 6.35. The van der Waals surface area contributed by atoms with Crippen molar-refractivity contribution in [3.05, 3.63) is 23.2 Å². The molecule has 2 aromatic rings. The highest BCUT2D eigenvalue weighted by atomic mass is 35.5. The minimum Gasteiger partial charge on any atom is -0.369 e. The number of para-hydroxylation sites is 1. The molecule has 6 heteroatoms. The van der Waals surface area contributed by atoms with Crippen LogP contribution in [0.4, 0.5) is 5.95 Å². The third-order valence-electron chi connectivity index (χ3n) is 2.59. The van der Waals surface area contributed by atoms with Gasteiger partial charge in [0.15, 0.2) is 0 Å². The van der Waals surface area contributed by atoms with Gasteiger partial charge in [0, 0.05) is 20.0 Å². The number of carbonyl (C=O) groups is 1. The standard InChI is InChI=1S/C11H13ClN4O/c1-14-9(17)5-6-16-10-7(12)3-2-4-8(10)15-11(16)13/h2-4H,5-6H2,1H3,(H2,13,15)(H,14,17). The van der Waals surface area contributed by atoms with Crippen molar-refractivity contribution >= 4 is 34.5 Å². The fraction of sp³-hybridized carbons (Fsp3) is 0.273. The second kappa shape index (κ2) is 4.63. The molecule has 0 fully saturated rings. The smallest absolute Gasteiger partial charge is 0.221 e. The zero-order chi connectivity index (χ0) is 12.4. The van der Waals surface area contributed by atoms with Gasteiger partial charge < -0.3 is 15.6 Å².